The molecule has 2 aliphatic rings. The van der Waals surface area contributed by atoms with E-state index in [1.807, 2.05) is 36.9 Å². The fourth-order valence-corrected chi connectivity index (χ4v) is 4.43. The number of carbonyl (C=O) groups excluding carboxylic acids is 2. The number of hydrogen-bond donors (Lipinski definition) is 1. The average molecular weight is 427 g/mol. The number of likely N-dealkylation sites (tertiary alicyclic amines) is 1. The Hall–Kier alpha value is -2.96. The smallest absolute Gasteiger partial charge is 0.340 e. The van der Waals surface area contributed by atoms with Gasteiger partial charge in [-0.25, -0.2) is 4.79 Å². The van der Waals surface area contributed by atoms with E-state index >= 15 is 0 Å². The third-order valence-corrected chi connectivity index (χ3v) is 5.87. The van der Waals surface area contributed by atoms with Crippen LogP contribution in [0.4, 0.5) is 0 Å². The van der Waals surface area contributed by atoms with Gasteiger partial charge in [-0.3, -0.25) is 4.79 Å². The number of fused-ring (bicyclic) bond motifs is 1. The second-order valence-corrected chi connectivity index (χ2v) is 8.49. The van der Waals surface area contributed by atoms with E-state index in [4.69, 9.17) is 14.2 Å². The van der Waals surface area contributed by atoms with Gasteiger partial charge in [0, 0.05) is 18.7 Å². The van der Waals surface area contributed by atoms with Crippen LogP contribution in [-0.2, 0) is 4.74 Å². The van der Waals surface area contributed by atoms with Crippen LogP contribution in [0.2, 0.25) is 0 Å². The summed E-state index contributed by atoms with van der Waals surface area (Å²) >= 11 is 0. The topological polar surface area (TPSA) is 80.9 Å². The third kappa shape index (κ3) is 4.13. The zero-order valence-electron chi connectivity index (χ0n) is 18.6. The minimum absolute atomic E-state index is 0.0428. The Labute approximate surface area is 182 Å². The number of carbonyl (C=O) groups is 2. The molecule has 1 amide bonds. The first kappa shape index (κ1) is 21.3. The Bertz CT molecular complexity index is 994. The van der Waals surface area contributed by atoms with Gasteiger partial charge in [0.1, 0.15) is 5.69 Å². The normalized spacial score (nSPS) is 18.2. The summed E-state index contributed by atoms with van der Waals surface area (Å²) in [7, 11) is 0. The van der Waals surface area contributed by atoms with Gasteiger partial charge >= 0.3 is 5.97 Å². The fourth-order valence-electron chi connectivity index (χ4n) is 4.43. The zero-order chi connectivity index (χ0) is 22.1. The maximum atomic E-state index is 13.5. The molecule has 0 bridgehead atoms. The molecule has 31 heavy (non-hydrogen) atoms. The molecular formula is C24H30N2O5. The van der Waals surface area contributed by atoms with E-state index in [1.165, 1.54) is 0 Å². The van der Waals surface area contributed by atoms with Gasteiger partial charge in [0.2, 0.25) is 0 Å². The van der Waals surface area contributed by atoms with Gasteiger partial charge in [-0.05, 0) is 63.8 Å². The van der Waals surface area contributed by atoms with Crippen molar-refractivity contribution in [2.45, 2.75) is 59.1 Å². The van der Waals surface area contributed by atoms with Gasteiger partial charge < -0.3 is 24.1 Å². The number of aromatic nitrogens is 1. The van der Waals surface area contributed by atoms with E-state index in [0.717, 1.165) is 36.3 Å². The molecular weight excluding hydrogens is 396 g/mol. The van der Waals surface area contributed by atoms with Crippen molar-refractivity contribution in [3.8, 4) is 11.5 Å². The van der Waals surface area contributed by atoms with E-state index in [1.54, 1.807) is 13.8 Å². The summed E-state index contributed by atoms with van der Waals surface area (Å²) < 4.78 is 16.9. The van der Waals surface area contributed by atoms with Crippen molar-refractivity contribution in [3.63, 3.8) is 0 Å². The minimum Gasteiger partial charge on any atom is -0.490 e. The Morgan fingerprint density at radius 2 is 1.87 bits per heavy atom. The van der Waals surface area contributed by atoms with E-state index in [-0.39, 0.29) is 18.1 Å². The second kappa shape index (κ2) is 8.65. The number of ether oxygens (including phenoxy) is 3. The fraction of sp³-hybridized carbons (Fsp3) is 0.500. The van der Waals surface area contributed by atoms with Gasteiger partial charge in [-0.2, -0.15) is 0 Å². The van der Waals surface area contributed by atoms with Crippen molar-refractivity contribution in [1.29, 1.82) is 0 Å². The number of nitrogens with one attached hydrogen (secondary N) is 1. The first-order chi connectivity index (χ1) is 14.9. The van der Waals surface area contributed by atoms with Crippen LogP contribution in [0.5, 0.6) is 11.5 Å². The summed E-state index contributed by atoms with van der Waals surface area (Å²) in [6.45, 7) is 9.16. The van der Waals surface area contributed by atoms with Gasteiger partial charge in [0.25, 0.3) is 5.91 Å². The number of nitrogens with zero attached hydrogens (tertiary/aromatic N) is 1. The number of hydrogen-bond acceptors (Lipinski definition) is 5. The van der Waals surface area contributed by atoms with Crippen molar-refractivity contribution in [3.05, 3.63) is 46.3 Å². The number of rotatable bonds is 4. The largest absolute Gasteiger partial charge is 0.490 e. The lowest BCUT2D eigenvalue weighted by Crippen LogP contribution is -2.31. The molecule has 1 unspecified atom stereocenters. The monoisotopic (exact) mass is 426 g/mol. The molecule has 2 aromatic rings. The molecule has 0 aliphatic carbocycles. The molecule has 1 aromatic carbocycles. The van der Waals surface area contributed by atoms with Gasteiger partial charge in [0.15, 0.2) is 11.5 Å². The summed E-state index contributed by atoms with van der Waals surface area (Å²) in [5.74, 6) is 0.987. The molecule has 1 aromatic heterocycles. The van der Waals surface area contributed by atoms with E-state index in [0.29, 0.717) is 42.3 Å². The van der Waals surface area contributed by atoms with E-state index < -0.39 is 5.97 Å². The summed E-state index contributed by atoms with van der Waals surface area (Å²) in [5, 5.41) is 0. The summed E-state index contributed by atoms with van der Waals surface area (Å²) in [5.41, 5.74) is 3.23. The lowest BCUT2D eigenvalue weighted by molar-refractivity contribution is 0.0376. The highest BCUT2D eigenvalue weighted by Crippen LogP contribution is 2.39. The van der Waals surface area contributed by atoms with Crippen molar-refractivity contribution >= 4 is 11.9 Å². The maximum Gasteiger partial charge on any atom is 0.340 e. The minimum atomic E-state index is -0.402. The molecule has 1 saturated heterocycles. The van der Waals surface area contributed by atoms with Gasteiger partial charge in [0.05, 0.1) is 30.9 Å². The third-order valence-electron chi connectivity index (χ3n) is 5.87. The maximum absolute atomic E-state index is 13.5. The second-order valence-electron chi connectivity index (χ2n) is 8.49. The molecule has 1 atom stereocenters. The summed E-state index contributed by atoms with van der Waals surface area (Å²) in [6.07, 6.45) is 2.44. The predicted molar refractivity (Wildman–Crippen MR) is 116 cm³/mol. The number of aromatic amines is 1. The molecule has 1 N–H and O–H groups in total. The summed E-state index contributed by atoms with van der Waals surface area (Å²) in [4.78, 5) is 31.0. The molecule has 4 rings (SSSR count). The van der Waals surface area contributed by atoms with Crippen LogP contribution in [-0.4, -0.2) is 47.6 Å². The molecule has 2 aliphatic heterocycles. The van der Waals surface area contributed by atoms with Crippen LogP contribution in [0, 0.1) is 13.8 Å². The lowest BCUT2D eigenvalue weighted by Gasteiger charge is -2.25. The molecule has 166 valence electrons. The highest BCUT2D eigenvalue weighted by Gasteiger charge is 2.34. The van der Waals surface area contributed by atoms with Crippen LogP contribution < -0.4 is 9.47 Å². The van der Waals surface area contributed by atoms with Crippen LogP contribution in [0.25, 0.3) is 0 Å². The van der Waals surface area contributed by atoms with E-state index in [2.05, 4.69) is 4.98 Å². The number of aryl methyl sites for hydroxylation is 1. The number of benzene rings is 1. The summed E-state index contributed by atoms with van der Waals surface area (Å²) in [6, 6.07) is 5.90. The quantitative estimate of drug-likeness (QED) is 0.736. The first-order valence-corrected chi connectivity index (χ1v) is 11.0. The van der Waals surface area contributed by atoms with Gasteiger partial charge in [-0.1, -0.05) is 6.07 Å². The molecule has 1 fully saturated rings. The molecule has 0 radical (unpaired) electrons. The number of esters is 1. The van der Waals surface area contributed by atoms with Crippen molar-refractivity contribution in [1.82, 2.24) is 9.88 Å². The van der Waals surface area contributed by atoms with E-state index in [9.17, 15) is 9.59 Å². The highest BCUT2D eigenvalue weighted by atomic mass is 16.5. The number of amides is 1. The van der Waals surface area contributed by atoms with Crippen LogP contribution in [0.15, 0.2) is 18.2 Å². The lowest BCUT2D eigenvalue weighted by atomic mass is 10.0. The molecule has 7 nitrogen and oxygen atoms in total. The van der Waals surface area contributed by atoms with Gasteiger partial charge in [-0.15, -0.1) is 0 Å². The van der Waals surface area contributed by atoms with Crippen LogP contribution in [0.3, 0.4) is 0 Å². The van der Waals surface area contributed by atoms with Crippen LogP contribution >= 0.6 is 0 Å². The molecule has 7 heteroatoms. The average Bonchev–Trinajstić information content (AvgIpc) is 3.23. The molecule has 3 heterocycles. The Morgan fingerprint density at radius 1 is 1.13 bits per heavy atom. The first-order valence-electron chi connectivity index (χ1n) is 11.0. The van der Waals surface area contributed by atoms with Crippen molar-refractivity contribution in [2.24, 2.45) is 0 Å². The standard InChI is InChI=1S/C24H30N2O5/c1-14(2)31-24(28)21-15(3)22(25-16(21)4)23(27)26-10-5-7-18(26)17-8-9-19-20(13-17)30-12-6-11-29-19/h8-9,13-14,18,25H,5-7,10-12H2,1-4H3. The molecule has 0 saturated carbocycles. The van der Waals surface area contributed by atoms with Crippen LogP contribution in [0.1, 0.15) is 76.8 Å². The van der Waals surface area contributed by atoms with Crippen molar-refractivity contribution in [2.75, 3.05) is 19.8 Å². The SMILES string of the molecule is Cc1[nH]c(C(=O)N2CCCC2c2ccc3c(c2)OCCCO3)c(C)c1C(=O)OC(C)C. The highest BCUT2D eigenvalue weighted by molar-refractivity contribution is 6.00. The predicted octanol–water partition coefficient (Wildman–Crippen LogP) is 4.34. The number of H-pyrrole nitrogens is 1. The molecule has 0 spiro atoms. The Balaban J connectivity index is 1.60. The van der Waals surface area contributed by atoms with Crippen molar-refractivity contribution < 1.29 is 23.8 Å². The Kier molecular flexibility index (Phi) is 5.94. The zero-order valence-corrected chi connectivity index (χ0v) is 18.6. The Morgan fingerprint density at radius 3 is 2.61 bits per heavy atom.